The predicted molar refractivity (Wildman–Crippen MR) is 75.1 cm³/mol. The van der Waals surface area contributed by atoms with E-state index in [1.807, 2.05) is 24.3 Å². The van der Waals surface area contributed by atoms with Gasteiger partial charge in [0.1, 0.15) is 5.54 Å². The minimum absolute atomic E-state index is 0.199. The van der Waals surface area contributed by atoms with Gasteiger partial charge in [-0.3, -0.25) is 4.79 Å². The van der Waals surface area contributed by atoms with Crippen LogP contribution >= 0.6 is 15.9 Å². The van der Waals surface area contributed by atoms with Crippen LogP contribution in [0.25, 0.3) is 0 Å². The van der Waals surface area contributed by atoms with Gasteiger partial charge in [-0.25, -0.2) is 0 Å². The molecule has 96 valence electrons. The maximum Gasteiger partial charge on any atom is 0.243 e. The number of carbonyl (C=O) groups is 1. The lowest BCUT2D eigenvalue weighted by atomic mass is 9.80. The molecule has 1 aromatic rings. The summed E-state index contributed by atoms with van der Waals surface area (Å²) in [6.45, 7) is 0. The fourth-order valence-corrected chi connectivity index (χ4v) is 4.07. The molecule has 3 rings (SSSR count). The normalized spacial score (nSPS) is 33.6. The molecule has 18 heavy (non-hydrogen) atoms. The van der Waals surface area contributed by atoms with E-state index in [0.29, 0.717) is 11.8 Å². The third kappa shape index (κ3) is 1.83. The monoisotopic (exact) mass is 308 g/mol. The van der Waals surface area contributed by atoms with Crippen molar-refractivity contribution < 1.29 is 4.79 Å². The second-order valence-corrected chi connectivity index (χ2v) is 6.47. The van der Waals surface area contributed by atoms with Crippen LogP contribution in [0.4, 0.5) is 5.69 Å². The number of carbonyl (C=O) groups excluding carboxylic acids is 1. The largest absolute Gasteiger partial charge is 0.371 e. The molecule has 0 heterocycles. The molecule has 2 aliphatic rings. The first-order valence-electron chi connectivity index (χ1n) is 6.44. The Morgan fingerprint density at radius 3 is 2.83 bits per heavy atom. The van der Waals surface area contributed by atoms with Crippen LogP contribution in [0.3, 0.4) is 0 Å². The zero-order valence-electron chi connectivity index (χ0n) is 10.2. The van der Waals surface area contributed by atoms with Gasteiger partial charge in [-0.1, -0.05) is 22.0 Å². The highest BCUT2D eigenvalue weighted by molar-refractivity contribution is 9.10. The predicted octanol–water partition coefficient (Wildman–Crippen LogP) is 2.91. The molecule has 2 bridgehead atoms. The SMILES string of the molecule is NC(=O)C1(Nc2cccc(Br)c2)CC2CCC1C2. The lowest BCUT2D eigenvalue weighted by molar-refractivity contribution is -0.123. The van der Waals surface area contributed by atoms with Gasteiger partial charge in [0.25, 0.3) is 0 Å². The molecule has 0 radical (unpaired) electrons. The molecule has 2 fully saturated rings. The van der Waals surface area contributed by atoms with E-state index in [0.717, 1.165) is 29.4 Å². The molecule has 0 aromatic heterocycles. The number of fused-ring (bicyclic) bond motifs is 2. The van der Waals surface area contributed by atoms with Crippen LogP contribution in [0.2, 0.25) is 0 Å². The number of hydrogen-bond acceptors (Lipinski definition) is 2. The summed E-state index contributed by atoms with van der Waals surface area (Å²) in [6, 6.07) is 7.93. The van der Waals surface area contributed by atoms with Gasteiger partial charge in [0.05, 0.1) is 0 Å². The van der Waals surface area contributed by atoms with Crippen LogP contribution < -0.4 is 11.1 Å². The van der Waals surface area contributed by atoms with Crippen LogP contribution in [0.1, 0.15) is 25.7 Å². The lowest BCUT2D eigenvalue weighted by Gasteiger charge is -2.36. The number of primary amides is 1. The Balaban J connectivity index is 1.90. The second kappa shape index (κ2) is 4.26. The minimum atomic E-state index is -0.524. The second-order valence-electron chi connectivity index (χ2n) is 5.55. The molecule has 1 aromatic carbocycles. The van der Waals surface area contributed by atoms with Gasteiger partial charge in [0.15, 0.2) is 0 Å². The number of rotatable bonds is 3. The van der Waals surface area contributed by atoms with E-state index in [1.54, 1.807) is 0 Å². The molecule has 3 atom stereocenters. The van der Waals surface area contributed by atoms with Crippen molar-refractivity contribution in [2.45, 2.75) is 31.2 Å². The summed E-state index contributed by atoms with van der Waals surface area (Å²) in [5.74, 6) is 0.871. The highest BCUT2D eigenvalue weighted by atomic mass is 79.9. The fraction of sp³-hybridized carbons (Fsp3) is 0.500. The number of amides is 1. The number of halogens is 1. The van der Waals surface area contributed by atoms with Crippen molar-refractivity contribution in [2.75, 3.05) is 5.32 Å². The highest BCUT2D eigenvalue weighted by Gasteiger charge is 2.54. The first-order chi connectivity index (χ1) is 8.60. The van der Waals surface area contributed by atoms with Gasteiger partial charge >= 0.3 is 0 Å². The molecular formula is C14H17BrN2O. The van der Waals surface area contributed by atoms with Gasteiger partial charge in [-0.15, -0.1) is 0 Å². The van der Waals surface area contributed by atoms with Gasteiger partial charge in [0, 0.05) is 10.2 Å². The number of benzene rings is 1. The number of hydrogen-bond donors (Lipinski definition) is 2. The van der Waals surface area contributed by atoms with E-state index >= 15 is 0 Å². The van der Waals surface area contributed by atoms with E-state index in [2.05, 4.69) is 21.2 Å². The van der Waals surface area contributed by atoms with E-state index < -0.39 is 5.54 Å². The van der Waals surface area contributed by atoms with Gasteiger partial charge in [-0.2, -0.15) is 0 Å². The van der Waals surface area contributed by atoms with E-state index in [9.17, 15) is 4.79 Å². The average Bonchev–Trinajstić information content (AvgIpc) is 2.89. The van der Waals surface area contributed by atoms with E-state index in [4.69, 9.17) is 5.73 Å². The van der Waals surface area contributed by atoms with Crippen LogP contribution in [0.5, 0.6) is 0 Å². The molecule has 3 N–H and O–H groups in total. The standard InChI is InChI=1S/C14H17BrN2O/c15-11-2-1-3-12(7-11)17-14(13(16)18)8-9-4-5-10(14)6-9/h1-3,7,9-10,17H,4-6,8H2,(H2,16,18). The lowest BCUT2D eigenvalue weighted by Crippen LogP contribution is -2.54. The Kier molecular flexibility index (Phi) is 2.85. The van der Waals surface area contributed by atoms with Crippen molar-refractivity contribution in [3.05, 3.63) is 28.7 Å². The molecule has 3 nitrogen and oxygen atoms in total. The van der Waals surface area contributed by atoms with Crippen LogP contribution in [0.15, 0.2) is 28.7 Å². The van der Waals surface area contributed by atoms with Gasteiger partial charge < -0.3 is 11.1 Å². The number of nitrogens with two attached hydrogens (primary N) is 1. The van der Waals surface area contributed by atoms with Gasteiger partial charge in [-0.05, 0) is 55.7 Å². The first kappa shape index (κ1) is 12.0. The van der Waals surface area contributed by atoms with Crippen molar-refractivity contribution >= 4 is 27.5 Å². The summed E-state index contributed by atoms with van der Waals surface area (Å²) >= 11 is 3.45. The van der Waals surface area contributed by atoms with Crippen molar-refractivity contribution in [2.24, 2.45) is 17.6 Å². The summed E-state index contributed by atoms with van der Waals surface area (Å²) in [4.78, 5) is 12.0. The molecule has 0 aliphatic heterocycles. The van der Waals surface area contributed by atoms with Crippen LogP contribution in [-0.4, -0.2) is 11.4 Å². The Morgan fingerprint density at radius 2 is 2.28 bits per heavy atom. The zero-order valence-corrected chi connectivity index (χ0v) is 11.7. The first-order valence-corrected chi connectivity index (χ1v) is 7.23. The molecule has 2 saturated carbocycles. The molecular weight excluding hydrogens is 292 g/mol. The molecule has 3 unspecified atom stereocenters. The Hall–Kier alpha value is -1.03. The minimum Gasteiger partial charge on any atom is -0.371 e. The highest BCUT2D eigenvalue weighted by Crippen LogP contribution is 2.52. The summed E-state index contributed by atoms with van der Waals surface area (Å²) < 4.78 is 1.01. The van der Waals surface area contributed by atoms with Crippen molar-refractivity contribution in [3.8, 4) is 0 Å². The molecule has 2 aliphatic carbocycles. The van der Waals surface area contributed by atoms with Crippen molar-refractivity contribution in [3.63, 3.8) is 0 Å². The maximum absolute atomic E-state index is 12.0. The summed E-state index contributed by atoms with van der Waals surface area (Å²) in [5, 5.41) is 3.42. The number of anilines is 1. The maximum atomic E-state index is 12.0. The molecule has 0 spiro atoms. The van der Waals surface area contributed by atoms with Crippen molar-refractivity contribution in [1.29, 1.82) is 0 Å². The topological polar surface area (TPSA) is 55.1 Å². The van der Waals surface area contributed by atoms with Gasteiger partial charge in [0.2, 0.25) is 5.91 Å². The quantitative estimate of drug-likeness (QED) is 0.902. The summed E-state index contributed by atoms with van der Waals surface area (Å²) in [6.07, 6.45) is 4.40. The summed E-state index contributed by atoms with van der Waals surface area (Å²) in [5.41, 5.74) is 6.14. The fourth-order valence-electron chi connectivity index (χ4n) is 3.67. The van der Waals surface area contributed by atoms with E-state index in [1.165, 1.54) is 6.42 Å². The summed E-state index contributed by atoms with van der Waals surface area (Å²) in [7, 11) is 0. The molecule has 0 saturated heterocycles. The Labute approximate surface area is 115 Å². The smallest absolute Gasteiger partial charge is 0.243 e. The van der Waals surface area contributed by atoms with E-state index in [-0.39, 0.29) is 5.91 Å². The average molecular weight is 309 g/mol. The van der Waals surface area contributed by atoms with Crippen LogP contribution in [-0.2, 0) is 4.79 Å². The number of nitrogens with one attached hydrogen (secondary N) is 1. The van der Waals surface area contributed by atoms with Crippen LogP contribution in [0, 0.1) is 11.8 Å². The Bertz CT molecular complexity index is 490. The van der Waals surface area contributed by atoms with Crippen molar-refractivity contribution in [1.82, 2.24) is 0 Å². The third-order valence-corrected chi connectivity index (χ3v) is 4.97. The molecule has 1 amide bonds. The zero-order chi connectivity index (χ0) is 12.8. The molecule has 4 heteroatoms. The Morgan fingerprint density at radius 1 is 1.44 bits per heavy atom. The third-order valence-electron chi connectivity index (χ3n) is 4.48.